The summed E-state index contributed by atoms with van der Waals surface area (Å²) in [5.74, 6) is 0.689. The van der Waals surface area contributed by atoms with Gasteiger partial charge >= 0.3 is 0 Å². The van der Waals surface area contributed by atoms with E-state index in [1.807, 2.05) is 68.4 Å². The number of benzene rings is 2. The maximum absolute atomic E-state index is 13.1. The molecule has 0 saturated carbocycles. The van der Waals surface area contributed by atoms with Crippen molar-refractivity contribution < 1.29 is 9.53 Å². The molecule has 1 N–H and O–H groups in total. The average Bonchev–Trinajstić information content (AvgIpc) is 2.97. The van der Waals surface area contributed by atoms with Gasteiger partial charge in [-0.1, -0.05) is 29.8 Å². The van der Waals surface area contributed by atoms with Crippen LogP contribution < -0.4 is 15.0 Å². The summed E-state index contributed by atoms with van der Waals surface area (Å²) in [6, 6.07) is 19.3. The van der Waals surface area contributed by atoms with Crippen LogP contribution in [0.15, 0.2) is 66.9 Å². The van der Waals surface area contributed by atoms with E-state index in [1.165, 1.54) is 0 Å². The number of aromatic nitrogens is 1. The molecule has 3 aromatic rings. The molecule has 1 amide bonds. The number of carbonyl (C=O) groups is 1. The number of fused-ring (bicyclic) bond motifs is 1. The molecular weight excluding hydrogens is 338 g/mol. The fraction of sp³-hybridized carbons (Fsp3) is 0.182. The van der Waals surface area contributed by atoms with Crippen LogP contribution in [0.2, 0.25) is 0 Å². The normalized spacial score (nSPS) is 15.6. The topological polar surface area (TPSA) is 54.5 Å². The van der Waals surface area contributed by atoms with Gasteiger partial charge in [0.05, 0.1) is 23.6 Å². The highest BCUT2D eigenvalue weighted by molar-refractivity contribution is 6.11. The first-order chi connectivity index (χ1) is 13.2. The summed E-state index contributed by atoms with van der Waals surface area (Å²) in [6.45, 7) is 4.55. The summed E-state index contributed by atoms with van der Waals surface area (Å²) in [6.07, 6.45) is 1.31. The van der Waals surface area contributed by atoms with E-state index in [9.17, 15) is 4.79 Å². The first kappa shape index (κ1) is 17.1. The molecule has 136 valence electrons. The molecule has 1 unspecified atom stereocenters. The van der Waals surface area contributed by atoms with E-state index in [-0.39, 0.29) is 5.91 Å². The molecule has 0 fully saturated rings. The van der Waals surface area contributed by atoms with Crippen LogP contribution in [0.25, 0.3) is 0 Å². The highest BCUT2D eigenvalue weighted by Crippen LogP contribution is 2.38. The molecule has 5 nitrogen and oxygen atoms in total. The van der Waals surface area contributed by atoms with Crippen LogP contribution in [0.5, 0.6) is 5.75 Å². The molecule has 0 spiro atoms. The monoisotopic (exact) mass is 359 g/mol. The van der Waals surface area contributed by atoms with Gasteiger partial charge < -0.3 is 10.1 Å². The van der Waals surface area contributed by atoms with E-state index < -0.39 is 6.17 Å². The summed E-state index contributed by atoms with van der Waals surface area (Å²) in [5, 5.41) is 3.46. The summed E-state index contributed by atoms with van der Waals surface area (Å²) in [7, 11) is 0. The Balaban J connectivity index is 1.77. The molecule has 0 bridgehead atoms. The van der Waals surface area contributed by atoms with Gasteiger partial charge in [-0.05, 0) is 50.2 Å². The first-order valence-electron chi connectivity index (χ1n) is 9.02. The molecule has 2 heterocycles. The molecule has 1 atom stereocenters. The zero-order valence-electron chi connectivity index (χ0n) is 15.3. The standard InChI is InChI=1S/C22H21N3O2/c1-3-27-19-9-5-4-8-18(19)24-21-20-17(7-6-14-23-20)22(26)25(21)16-12-10-15(2)11-13-16/h4-14,21,24H,3H2,1-2H3. The Morgan fingerprint density at radius 1 is 1.07 bits per heavy atom. The van der Waals surface area contributed by atoms with Crippen molar-refractivity contribution in [3.8, 4) is 5.75 Å². The van der Waals surface area contributed by atoms with Gasteiger partial charge in [-0.2, -0.15) is 0 Å². The maximum atomic E-state index is 13.1. The lowest BCUT2D eigenvalue weighted by Crippen LogP contribution is -2.32. The third-order valence-corrected chi connectivity index (χ3v) is 4.60. The predicted octanol–water partition coefficient (Wildman–Crippen LogP) is 4.56. The second-order valence-electron chi connectivity index (χ2n) is 6.42. The Kier molecular flexibility index (Phi) is 4.50. The lowest BCUT2D eigenvalue weighted by molar-refractivity contribution is 0.0993. The minimum Gasteiger partial charge on any atom is -0.492 e. The molecule has 0 saturated heterocycles. The lowest BCUT2D eigenvalue weighted by Gasteiger charge is -2.27. The van der Waals surface area contributed by atoms with Crippen LogP contribution >= 0.6 is 0 Å². The summed E-state index contributed by atoms with van der Waals surface area (Å²) >= 11 is 0. The molecule has 1 aliphatic rings. The van der Waals surface area contributed by atoms with Crippen molar-refractivity contribution >= 4 is 17.3 Å². The zero-order chi connectivity index (χ0) is 18.8. The number of nitrogens with one attached hydrogen (secondary N) is 1. The number of para-hydroxylation sites is 2. The second kappa shape index (κ2) is 7.11. The minimum absolute atomic E-state index is 0.0617. The van der Waals surface area contributed by atoms with Crippen LogP contribution in [-0.2, 0) is 0 Å². The summed E-state index contributed by atoms with van der Waals surface area (Å²) in [4.78, 5) is 19.3. The number of nitrogens with zero attached hydrogens (tertiary/aromatic N) is 2. The number of ether oxygens (including phenoxy) is 1. The first-order valence-corrected chi connectivity index (χ1v) is 9.02. The van der Waals surface area contributed by atoms with Gasteiger partial charge in [0, 0.05) is 11.9 Å². The van der Waals surface area contributed by atoms with Crippen LogP contribution in [0.4, 0.5) is 11.4 Å². The highest BCUT2D eigenvalue weighted by Gasteiger charge is 2.39. The summed E-state index contributed by atoms with van der Waals surface area (Å²) in [5.41, 5.74) is 4.13. The Morgan fingerprint density at radius 3 is 2.63 bits per heavy atom. The maximum Gasteiger partial charge on any atom is 0.262 e. The number of rotatable bonds is 5. The van der Waals surface area contributed by atoms with E-state index in [4.69, 9.17) is 4.74 Å². The largest absolute Gasteiger partial charge is 0.492 e. The molecule has 0 aliphatic carbocycles. The minimum atomic E-state index is -0.405. The van der Waals surface area contributed by atoms with Crippen molar-refractivity contribution in [1.82, 2.24) is 4.98 Å². The molecule has 4 rings (SSSR count). The fourth-order valence-electron chi connectivity index (χ4n) is 3.30. The number of pyridine rings is 1. The van der Waals surface area contributed by atoms with Crippen molar-refractivity contribution in [2.45, 2.75) is 20.0 Å². The van der Waals surface area contributed by atoms with Gasteiger partial charge in [-0.25, -0.2) is 0 Å². The molecule has 0 radical (unpaired) electrons. The van der Waals surface area contributed by atoms with Crippen molar-refractivity contribution in [2.75, 3.05) is 16.8 Å². The van der Waals surface area contributed by atoms with E-state index in [0.717, 1.165) is 28.4 Å². The number of amides is 1. The average molecular weight is 359 g/mol. The van der Waals surface area contributed by atoms with Crippen LogP contribution in [0, 0.1) is 6.92 Å². The zero-order valence-corrected chi connectivity index (χ0v) is 15.3. The van der Waals surface area contributed by atoms with Gasteiger partial charge in [0.2, 0.25) is 0 Å². The second-order valence-corrected chi connectivity index (χ2v) is 6.42. The molecule has 27 heavy (non-hydrogen) atoms. The van der Waals surface area contributed by atoms with Gasteiger partial charge in [0.1, 0.15) is 5.75 Å². The Bertz CT molecular complexity index is 969. The molecule has 5 heteroatoms. The van der Waals surface area contributed by atoms with Gasteiger partial charge in [-0.15, -0.1) is 0 Å². The number of anilines is 2. The predicted molar refractivity (Wildman–Crippen MR) is 106 cm³/mol. The molecule has 1 aromatic heterocycles. The molecular formula is C22H21N3O2. The van der Waals surface area contributed by atoms with E-state index in [2.05, 4.69) is 10.3 Å². The Morgan fingerprint density at radius 2 is 1.85 bits per heavy atom. The van der Waals surface area contributed by atoms with Crippen molar-refractivity contribution in [2.24, 2.45) is 0 Å². The van der Waals surface area contributed by atoms with Crippen molar-refractivity contribution in [3.05, 3.63) is 83.7 Å². The van der Waals surface area contributed by atoms with Crippen molar-refractivity contribution in [1.29, 1.82) is 0 Å². The van der Waals surface area contributed by atoms with Crippen LogP contribution in [0.1, 0.15) is 34.7 Å². The van der Waals surface area contributed by atoms with E-state index in [0.29, 0.717) is 12.2 Å². The van der Waals surface area contributed by atoms with Crippen LogP contribution in [0.3, 0.4) is 0 Å². The van der Waals surface area contributed by atoms with E-state index in [1.54, 1.807) is 17.2 Å². The lowest BCUT2D eigenvalue weighted by atomic mass is 10.2. The van der Waals surface area contributed by atoms with Crippen molar-refractivity contribution in [3.63, 3.8) is 0 Å². The fourth-order valence-corrected chi connectivity index (χ4v) is 3.30. The third-order valence-electron chi connectivity index (χ3n) is 4.60. The van der Waals surface area contributed by atoms with Crippen LogP contribution in [-0.4, -0.2) is 17.5 Å². The smallest absolute Gasteiger partial charge is 0.262 e. The third kappa shape index (κ3) is 3.12. The van der Waals surface area contributed by atoms with E-state index >= 15 is 0 Å². The van der Waals surface area contributed by atoms with Gasteiger partial charge in [-0.3, -0.25) is 14.7 Å². The SMILES string of the molecule is CCOc1ccccc1NC1c2ncccc2C(=O)N1c1ccc(C)cc1. The molecule has 1 aliphatic heterocycles. The summed E-state index contributed by atoms with van der Waals surface area (Å²) < 4.78 is 5.73. The number of aryl methyl sites for hydroxylation is 1. The number of hydrogen-bond donors (Lipinski definition) is 1. The quantitative estimate of drug-likeness (QED) is 0.726. The van der Waals surface area contributed by atoms with Gasteiger partial charge in [0.15, 0.2) is 6.17 Å². The number of carbonyl (C=O) groups excluding carboxylic acids is 1. The number of hydrogen-bond acceptors (Lipinski definition) is 4. The Labute approximate surface area is 158 Å². The highest BCUT2D eigenvalue weighted by atomic mass is 16.5. The molecule has 2 aromatic carbocycles. The van der Waals surface area contributed by atoms with Gasteiger partial charge in [0.25, 0.3) is 5.91 Å². The Hall–Kier alpha value is -3.34.